The summed E-state index contributed by atoms with van der Waals surface area (Å²) < 4.78 is 39.3. The molecule has 0 saturated carbocycles. The van der Waals surface area contributed by atoms with Crippen LogP contribution in [0.3, 0.4) is 0 Å². The lowest BCUT2D eigenvalue weighted by atomic mass is 9.93. The summed E-state index contributed by atoms with van der Waals surface area (Å²) in [5.74, 6) is 4.62. The molecule has 0 atom stereocenters. The molecule has 0 saturated heterocycles. The van der Waals surface area contributed by atoms with Crippen molar-refractivity contribution in [2.75, 3.05) is 46.2 Å². The van der Waals surface area contributed by atoms with Gasteiger partial charge in [-0.2, -0.15) is 0 Å². The SMILES string of the molecule is CCCCCCOc1cc2c(cc1OCCN)c1cc(OCCCCCC)c(OCCCCCC)cc1c1cc(OCCCCCC)c(OCCCCCC)cc21. The standard InChI is InChI=1S/C50H77NO6/c1-6-11-16-21-27-52-45-33-39-40-34-46(53-28-22-17-12-7-2)48(55-30-24-19-14-9-4)36-42(40)44-38-50(57-32-26-51)49(56-31-25-20-15-10-5)37-43(44)41(39)35-47(45)54-29-23-18-13-8-3/h33-38H,6-32,51H2,1-5H3. The Hall–Kier alpha value is -3.58. The van der Waals surface area contributed by atoms with Gasteiger partial charge in [0, 0.05) is 6.54 Å². The number of benzene rings is 4. The van der Waals surface area contributed by atoms with Crippen LogP contribution in [0, 0.1) is 0 Å². The van der Waals surface area contributed by atoms with Gasteiger partial charge in [-0.15, -0.1) is 0 Å². The summed E-state index contributed by atoms with van der Waals surface area (Å²) in [5.41, 5.74) is 5.97. The maximum absolute atomic E-state index is 6.61. The molecular formula is C50H77NO6. The molecule has 0 aliphatic rings. The van der Waals surface area contributed by atoms with Gasteiger partial charge in [0.1, 0.15) is 6.61 Å². The van der Waals surface area contributed by atoms with Crippen LogP contribution >= 0.6 is 0 Å². The molecule has 4 aromatic carbocycles. The summed E-state index contributed by atoms with van der Waals surface area (Å²) in [6, 6.07) is 13.1. The van der Waals surface area contributed by atoms with Crippen molar-refractivity contribution in [3.8, 4) is 34.5 Å². The molecule has 4 aromatic rings. The molecule has 57 heavy (non-hydrogen) atoms. The van der Waals surface area contributed by atoms with E-state index in [1.807, 2.05) is 0 Å². The summed E-state index contributed by atoms with van der Waals surface area (Å²) in [6.45, 7) is 15.3. The number of hydrogen-bond acceptors (Lipinski definition) is 7. The molecule has 7 nitrogen and oxygen atoms in total. The van der Waals surface area contributed by atoms with E-state index in [1.54, 1.807) is 0 Å². The minimum Gasteiger partial charge on any atom is -0.490 e. The van der Waals surface area contributed by atoms with E-state index in [0.29, 0.717) is 51.9 Å². The molecule has 0 bridgehead atoms. The van der Waals surface area contributed by atoms with Crippen LogP contribution in [0.2, 0.25) is 0 Å². The lowest BCUT2D eigenvalue weighted by Crippen LogP contribution is -2.11. The minimum atomic E-state index is 0.403. The second-order valence-electron chi connectivity index (χ2n) is 15.7. The van der Waals surface area contributed by atoms with Gasteiger partial charge in [0.25, 0.3) is 0 Å². The monoisotopic (exact) mass is 788 g/mol. The molecule has 0 aliphatic heterocycles. The molecule has 0 heterocycles. The number of nitrogens with two attached hydrogens (primary N) is 1. The smallest absolute Gasteiger partial charge is 0.161 e. The van der Waals surface area contributed by atoms with Crippen LogP contribution < -0.4 is 34.2 Å². The summed E-state index contributed by atoms with van der Waals surface area (Å²) in [5, 5.41) is 6.48. The molecule has 7 heteroatoms. The van der Waals surface area contributed by atoms with Crippen LogP contribution in [0.1, 0.15) is 163 Å². The molecule has 318 valence electrons. The Morgan fingerprint density at radius 3 is 0.649 bits per heavy atom. The largest absolute Gasteiger partial charge is 0.490 e. The number of ether oxygens (including phenoxy) is 6. The van der Waals surface area contributed by atoms with Crippen LogP contribution in [0.15, 0.2) is 36.4 Å². The summed E-state index contributed by atoms with van der Waals surface area (Å²) in [6.07, 6.45) is 22.8. The van der Waals surface area contributed by atoms with E-state index >= 15 is 0 Å². The fourth-order valence-corrected chi connectivity index (χ4v) is 7.42. The van der Waals surface area contributed by atoms with Crippen LogP contribution in [-0.4, -0.2) is 46.2 Å². The van der Waals surface area contributed by atoms with Crippen LogP contribution in [-0.2, 0) is 0 Å². The molecule has 0 spiro atoms. The Balaban J connectivity index is 1.95. The van der Waals surface area contributed by atoms with E-state index in [0.717, 1.165) is 125 Å². The normalized spacial score (nSPS) is 11.5. The molecular weight excluding hydrogens is 711 g/mol. The van der Waals surface area contributed by atoms with Crippen molar-refractivity contribution in [2.45, 2.75) is 163 Å². The van der Waals surface area contributed by atoms with Crippen molar-refractivity contribution >= 4 is 32.3 Å². The third-order valence-electron chi connectivity index (χ3n) is 10.8. The maximum Gasteiger partial charge on any atom is 0.161 e. The Kier molecular flexibility index (Phi) is 22.0. The first-order valence-corrected chi connectivity index (χ1v) is 23.1. The molecule has 0 amide bonds. The van der Waals surface area contributed by atoms with Gasteiger partial charge in [-0.3, -0.25) is 0 Å². The molecule has 0 aliphatic carbocycles. The summed E-state index contributed by atoms with van der Waals surface area (Å²) in [4.78, 5) is 0. The van der Waals surface area contributed by atoms with Gasteiger partial charge in [-0.05, 0) is 101 Å². The van der Waals surface area contributed by atoms with Crippen molar-refractivity contribution in [2.24, 2.45) is 5.73 Å². The van der Waals surface area contributed by atoms with Gasteiger partial charge in [-0.25, -0.2) is 0 Å². The Labute approximate surface area is 345 Å². The minimum absolute atomic E-state index is 0.403. The average Bonchev–Trinajstić information content (AvgIpc) is 3.22. The van der Waals surface area contributed by atoms with Crippen molar-refractivity contribution in [3.05, 3.63) is 36.4 Å². The van der Waals surface area contributed by atoms with Crippen molar-refractivity contribution in [3.63, 3.8) is 0 Å². The van der Waals surface area contributed by atoms with Gasteiger partial charge in [0.05, 0.1) is 33.0 Å². The summed E-state index contributed by atoms with van der Waals surface area (Å²) in [7, 11) is 0. The van der Waals surface area contributed by atoms with Crippen LogP contribution in [0.25, 0.3) is 32.3 Å². The zero-order chi connectivity index (χ0) is 40.5. The fourth-order valence-electron chi connectivity index (χ4n) is 7.42. The Bertz CT molecular complexity index is 1670. The van der Waals surface area contributed by atoms with Gasteiger partial charge >= 0.3 is 0 Å². The molecule has 4 rings (SSSR count). The van der Waals surface area contributed by atoms with E-state index in [2.05, 4.69) is 71.0 Å². The first-order valence-electron chi connectivity index (χ1n) is 23.1. The van der Waals surface area contributed by atoms with Crippen molar-refractivity contribution < 1.29 is 28.4 Å². The number of fused-ring (bicyclic) bond motifs is 6. The van der Waals surface area contributed by atoms with Crippen LogP contribution in [0.4, 0.5) is 0 Å². The number of unbranched alkanes of at least 4 members (excludes halogenated alkanes) is 15. The predicted octanol–water partition coefficient (Wildman–Crippen LogP) is 14.3. The van der Waals surface area contributed by atoms with Crippen molar-refractivity contribution in [1.82, 2.24) is 0 Å². The fraction of sp³-hybridized carbons (Fsp3) is 0.640. The van der Waals surface area contributed by atoms with Gasteiger partial charge in [-0.1, -0.05) is 131 Å². The number of rotatable bonds is 33. The lowest BCUT2D eigenvalue weighted by molar-refractivity contribution is 0.259. The Morgan fingerprint density at radius 2 is 0.474 bits per heavy atom. The molecule has 2 N–H and O–H groups in total. The Morgan fingerprint density at radius 1 is 0.281 bits per heavy atom. The van der Waals surface area contributed by atoms with Crippen LogP contribution in [0.5, 0.6) is 34.5 Å². The lowest BCUT2D eigenvalue weighted by Gasteiger charge is -2.20. The average molecular weight is 788 g/mol. The topological polar surface area (TPSA) is 81.4 Å². The van der Waals surface area contributed by atoms with E-state index in [1.165, 1.54) is 64.2 Å². The first-order chi connectivity index (χ1) is 28.1. The second-order valence-corrected chi connectivity index (χ2v) is 15.7. The van der Waals surface area contributed by atoms with Gasteiger partial charge in [0.15, 0.2) is 34.5 Å². The highest BCUT2D eigenvalue weighted by molar-refractivity contribution is 6.26. The number of hydrogen-bond donors (Lipinski definition) is 1. The van der Waals surface area contributed by atoms with E-state index < -0.39 is 0 Å². The quantitative estimate of drug-likeness (QED) is 0.0380. The van der Waals surface area contributed by atoms with E-state index in [-0.39, 0.29) is 0 Å². The highest BCUT2D eigenvalue weighted by Gasteiger charge is 2.20. The molecule has 0 fully saturated rings. The van der Waals surface area contributed by atoms with E-state index in [4.69, 9.17) is 34.2 Å². The van der Waals surface area contributed by atoms with E-state index in [9.17, 15) is 0 Å². The third kappa shape index (κ3) is 14.6. The third-order valence-corrected chi connectivity index (χ3v) is 10.8. The zero-order valence-electron chi connectivity index (χ0n) is 36.6. The van der Waals surface area contributed by atoms with Crippen molar-refractivity contribution in [1.29, 1.82) is 0 Å². The first kappa shape index (κ1) is 46.1. The highest BCUT2D eigenvalue weighted by Crippen LogP contribution is 2.47. The maximum atomic E-state index is 6.61. The highest BCUT2D eigenvalue weighted by atomic mass is 16.5. The molecule has 0 radical (unpaired) electrons. The second kappa shape index (κ2) is 27.2. The van der Waals surface area contributed by atoms with Gasteiger partial charge < -0.3 is 34.2 Å². The zero-order valence-corrected chi connectivity index (χ0v) is 36.6. The molecule has 0 aromatic heterocycles. The van der Waals surface area contributed by atoms with Gasteiger partial charge in [0.2, 0.25) is 0 Å². The molecule has 0 unspecified atom stereocenters. The summed E-state index contributed by atoms with van der Waals surface area (Å²) >= 11 is 0. The predicted molar refractivity (Wildman–Crippen MR) is 242 cm³/mol.